The molecule has 2 aliphatic heterocycles. The lowest BCUT2D eigenvalue weighted by Gasteiger charge is -2.36. The van der Waals surface area contributed by atoms with E-state index in [1.165, 1.54) is 17.9 Å². The number of carbonyl (C=O) groups is 2. The smallest absolute Gasteiger partial charge is 0.414 e. The number of halogens is 1. The average Bonchev–Trinajstić information content (AvgIpc) is 3.13. The van der Waals surface area contributed by atoms with Gasteiger partial charge in [-0.3, -0.25) is 9.69 Å². The van der Waals surface area contributed by atoms with E-state index in [1.807, 2.05) is 17.0 Å². The van der Waals surface area contributed by atoms with E-state index in [9.17, 15) is 14.0 Å². The Kier molecular flexibility index (Phi) is 5.64. The number of ether oxygens (including phenoxy) is 1. The molecular weight excluding hydrogens is 391 g/mol. The zero-order valence-electron chi connectivity index (χ0n) is 16.6. The van der Waals surface area contributed by atoms with E-state index in [2.05, 4.69) is 20.4 Å². The number of aromatic nitrogens is 2. The maximum atomic E-state index is 14.9. The number of anilines is 3. The summed E-state index contributed by atoms with van der Waals surface area (Å²) in [6.07, 6.45) is 0.628. The second-order valence-electron chi connectivity index (χ2n) is 7.25. The van der Waals surface area contributed by atoms with Gasteiger partial charge in [-0.05, 0) is 30.3 Å². The van der Waals surface area contributed by atoms with Crippen LogP contribution in [0.5, 0.6) is 0 Å². The molecule has 0 spiro atoms. The second kappa shape index (κ2) is 8.52. The molecular formula is C20H23FN6O3. The molecule has 1 atom stereocenters. The van der Waals surface area contributed by atoms with Crippen LogP contribution in [-0.2, 0) is 9.53 Å². The third kappa shape index (κ3) is 4.27. The molecule has 1 aromatic carbocycles. The molecule has 1 N–H and O–H groups in total. The molecule has 158 valence electrons. The van der Waals surface area contributed by atoms with Gasteiger partial charge >= 0.3 is 6.09 Å². The number of piperazine rings is 1. The summed E-state index contributed by atoms with van der Waals surface area (Å²) in [5.74, 6) is 0.229. The minimum atomic E-state index is -0.546. The first-order chi connectivity index (χ1) is 14.5. The Morgan fingerprint density at radius 2 is 2.00 bits per heavy atom. The van der Waals surface area contributed by atoms with Gasteiger partial charge in [-0.1, -0.05) is 0 Å². The number of hydrogen-bond donors (Lipinski definition) is 1. The molecule has 2 aliphatic rings. The van der Waals surface area contributed by atoms with Gasteiger partial charge in [-0.25, -0.2) is 9.18 Å². The van der Waals surface area contributed by atoms with Gasteiger partial charge in [0.15, 0.2) is 5.82 Å². The van der Waals surface area contributed by atoms with Crippen LogP contribution in [0.3, 0.4) is 0 Å². The predicted octanol–water partition coefficient (Wildman–Crippen LogP) is 1.40. The topological polar surface area (TPSA) is 90.9 Å². The Morgan fingerprint density at radius 1 is 1.23 bits per heavy atom. The number of carbonyl (C=O) groups excluding carboxylic acids is 2. The first-order valence-electron chi connectivity index (χ1n) is 9.81. The number of nitrogens with zero attached hydrogens (tertiary/aromatic N) is 5. The predicted molar refractivity (Wildman–Crippen MR) is 109 cm³/mol. The van der Waals surface area contributed by atoms with Crippen molar-refractivity contribution in [3.05, 3.63) is 42.3 Å². The van der Waals surface area contributed by atoms with E-state index in [0.717, 1.165) is 5.82 Å². The Labute approximate surface area is 173 Å². The largest absolute Gasteiger partial charge is 0.442 e. The standard InChI is InChI=1S/C20H23FN6O3/c1-14(28)22-12-16-13-27(20(29)30-16)15-4-5-18(17(21)11-15)25-7-9-26(10-8-25)19-3-2-6-23-24-19/h2-6,11,16H,7-10,12-13H2,1H3,(H,22,28)/t16-/m0/s1. The van der Waals surface area contributed by atoms with Crippen LogP contribution in [0.1, 0.15) is 6.92 Å². The number of amides is 2. The molecule has 0 unspecified atom stereocenters. The lowest BCUT2D eigenvalue weighted by molar-refractivity contribution is -0.119. The van der Waals surface area contributed by atoms with Gasteiger partial charge in [0.05, 0.1) is 24.5 Å². The summed E-state index contributed by atoms with van der Waals surface area (Å²) in [6, 6.07) is 8.52. The Hall–Kier alpha value is -3.43. The van der Waals surface area contributed by atoms with Crippen LogP contribution in [0.4, 0.5) is 26.4 Å². The van der Waals surface area contributed by atoms with Crippen LogP contribution in [0.25, 0.3) is 0 Å². The van der Waals surface area contributed by atoms with Crippen LogP contribution < -0.4 is 20.0 Å². The highest BCUT2D eigenvalue weighted by Gasteiger charge is 2.33. The molecule has 9 nitrogen and oxygen atoms in total. The van der Waals surface area contributed by atoms with Crippen molar-refractivity contribution >= 4 is 29.2 Å². The van der Waals surface area contributed by atoms with Crippen LogP contribution in [0, 0.1) is 5.82 Å². The van der Waals surface area contributed by atoms with Gasteiger partial charge < -0.3 is 19.9 Å². The molecule has 30 heavy (non-hydrogen) atoms. The summed E-state index contributed by atoms with van der Waals surface area (Å²) in [4.78, 5) is 28.7. The molecule has 3 heterocycles. The summed E-state index contributed by atoms with van der Waals surface area (Å²) >= 11 is 0. The fourth-order valence-electron chi connectivity index (χ4n) is 3.65. The lowest BCUT2D eigenvalue weighted by atomic mass is 10.2. The van der Waals surface area contributed by atoms with Crippen LogP contribution in [0.15, 0.2) is 36.5 Å². The molecule has 10 heteroatoms. The Morgan fingerprint density at radius 3 is 2.67 bits per heavy atom. The summed E-state index contributed by atoms with van der Waals surface area (Å²) in [7, 11) is 0. The van der Waals surface area contributed by atoms with Gasteiger partial charge in [0.25, 0.3) is 0 Å². The maximum absolute atomic E-state index is 14.9. The summed E-state index contributed by atoms with van der Waals surface area (Å²) in [5.41, 5.74) is 0.935. The zero-order valence-corrected chi connectivity index (χ0v) is 16.6. The van der Waals surface area contributed by atoms with Crippen molar-refractivity contribution in [1.29, 1.82) is 0 Å². The average molecular weight is 414 g/mol. The third-order valence-corrected chi connectivity index (χ3v) is 5.20. The van der Waals surface area contributed by atoms with Crippen molar-refractivity contribution in [2.24, 2.45) is 0 Å². The first kappa shape index (κ1) is 19.9. The van der Waals surface area contributed by atoms with E-state index in [4.69, 9.17) is 4.74 Å². The van der Waals surface area contributed by atoms with Gasteiger partial charge in [-0.2, -0.15) is 5.10 Å². The van der Waals surface area contributed by atoms with E-state index in [1.54, 1.807) is 18.3 Å². The van der Waals surface area contributed by atoms with Gasteiger partial charge in [0, 0.05) is 39.3 Å². The van der Waals surface area contributed by atoms with Crippen molar-refractivity contribution in [3.63, 3.8) is 0 Å². The highest BCUT2D eigenvalue weighted by Crippen LogP contribution is 2.29. The first-order valence-corrected chi connectivity index (χ1v) is 9.81. The number of hydrogen-bond acceptors (Lipinski definition) is 7. The maximum Gasteiger partial charge on any atom is 0.414 e. The van der Waals surface area contributed by atoms with Crippen molar-refractivity contribution in [1.82, 2.24) is 15.5 Å². The third-order valence-electron chi connectivity index (χ3n) is 5.20. The summed E-state index contributed by atoms with van der Waals surface area (Å²) < 4.78 is 20.1. The van der Waals surface area contributed by atoms with Crippen molar-refractivity contribution in [2.45, 2.75) is 13.0 Å². The van der Waals surface area contributed by atoms with Crippen LogP contribution in [0.2, 0.25) is 0 Å². The molecule has 4 rings (SSSR count). The fourth-order valence-corrected chi connectivity index (χ4v) is 3.65. The second-order valence-corrected chi connectivity index (χ2v) is 7.25. The number of cyclic esters (lactones) is 1. The SMILES string of the molecule is CC(=O)NC[C@H]1CN(c2ccc(N3CCN(c4cccnn4)CC3)c(F)c2)C(=O)O1. The lowest BCUT2D eigenvalue weighted by Crippen LogP contribution is -2.47. The minimum Gasteiger partial charge on any atom is -0.442 e. The molecule has 0 saturated carbocycles. The molecule has 2 saturated heterocycles. The summed E-state index contributed by atoms with van der Waals surface area (Å²) in [6.45, 7) is 4.61. The molecule has 0 aliphatic carbocycles. The normalized spacial score (nSPS) is 19.1. The number of nitrogens with one attached hydrogen (secondary N) is 1. The van der Waals surface area contributed by atoms with E-state index in [0.29, 0.717) is 37.6 Å². The molecule has 0 radical (unpaired) electrons. The van der Waals surface area contributed by atoms with Crippen LogP contribution in [-0.4, -0.2) is 67.6 Å². The van der Waals surface area contributed by atoms with Gasteiger partial charge in [-0.15, -0.1) is 5.10 Å². The highest BCUT2D eigenvalue weighted by molar-refractivity contribution is 5.90. The highest BCUT2D eigenvalue weighted by atomic mass is 19.1. The fraction of sp³-hybridized carbons (Fsp3) is 0.400. The number of benzene rings is 1. The monoisotopic (exact) mass is 414 g/mol. The van der Waals surface area contributed by atoms with E-state index in [-0.39, 0.29) is 19.0 Å². The van der Waals surface area contributed by atoms with E-state index >= 15 is 0 Å². The zero-order chi connectivity index (χ0) is 21.1. The minimum absolute atomic E-state index is 0.195. The molecule has 2 aromatic rings. The van der Waals surface area contributed by atoms with E-state index < -0.39 is 18.0 Å². The quantitative estimate of drug-likeness (QED) is 0.791. The van der Waals surface area contributed by atoms with Gasteiger partial charge in [0.1, 0.15) is 11.9 Å². The Balaban J connectivity index is 1.39. The van der Waals surface area contributed by atoms with Crippen molar-refractivity contribution in [3.8, 4) is 0 Å². The molecule has 2 fully saturated rings. The van der Waals surface area contributed by atoms with Crippen molar-refractivity contribution < 1.29 is 18.7 Å². The molecule has 2 amide bonds. The summed E-state index contributed by atoms with van der Waals surface area (Å²) in [5, 5.41) is 10.6. The number of rotatable bonds is 5. The Bertz CT molecular complexity index is 920. The van der Waals surface area contributed by atoms with Gasteiger partial charge in [0.2, 0.25) is 5.91 Å². The molecule has 1 aromatic heterocycles. The molecule has 0 bridgehead atoms. The van der Waals surface area contributed by atoms with Crippen molar-refractivity contribution in [2.75, 3.05) is 54.0 Å². The van der Waals surface area contributed by atoms with Crippen LogP contribution >= 0.6 is 0 Å².